The zero-order valence-corrected chi connectivity index (χ0v) is 11.3. The van der Waals surface area contributed by atoms with Crippen LogP contribution in [0.4, 0.5) is 10.5 Å². The number of urea groups is 1. The van der Waals surface area contributed by atoms with Gasteiger partial charge in [0.25, 0.3) is 0 Å². The summed E-state index contributed by atoms with van der Waals surface area (Å²) >= 11 is 0. The van der Waals surface area contributed by atoms with Crippen LogP contribution in [-0.2, 0) is 6.42 Å². The Morgan fingerprint density at radius 2 is 2.17 bits per heavy atom. The Morgan fingerprint density at radius 1 is 1.39 bits per heavy atom. The lowest BCUT2D eigenvalue weighted by Gasteiger charge is -2.23. The molecule has 3 nitrogen and oxygen atoms in total. The molecule has 0 aromatic heterocycles. The molecule has 0 fully saturated rings. The van der Waals surface area contributed by atoms with Gasteiger partial charge in [0.1, 0.15) is 0 Å². The number of hydrogen-bond donors (Lipinski definition) is 1. The van der Waals surface area contributed by atoms with Crippen molar-refractivity contribution < 1.29 is 4.79 Å². The molecule has 1 aliphatic rings. The van der Waals surface area contributed by atoms with Crippen molar-refractivity contribution in [1.82, 2.24) is 5.32 Å². The molecule has 1 heterocycles. The van der Waals surface area contributed by atoms with Gasteiger partial charge < -0.3 is 5.32 Å². The number of para-hydroxylation sites is 1. The summed E-state index contributed by atoms with van der Waals surface area (Å²) in [6.07, 6.45) is 4.37. The van der Waals surface area contributed by atoms with Crippen molar-refractivity contribution in [3.05, 3.63) is 29.8 Å². The molecule has 0 bridgehead atoms. The fraction of sp³-hybridized carbons (Fsp3) is 0.533. The van der Waals surface area contributed by atoms with Gasteiger partial charge in [-0.1, -0.05) is 38.0 Å². The van der Waals surface area contributed by atoms with Gasteiger partial charge in [-0.25, -0.2) is 4.79 Å². The van der Waals surface area contributed by atoms with Gasteiger partial charge in [-0.15, -0.1) is 0 Å². The van der Waals surface area contributed by atoms with Crippen LogP contribution in [0.25, 0.3) is 0 Å². The van der Waals surface area contributed by atoms with Crippen LogP contribution in [-0.4, -0.2) is 18.6 Å². The fourth-order valence-electron chi connectivity index (χ4n) is 2.53. The first-order valence-corrected chi connectivity index (χ1v) is 6.89. The van der Waals surface area contributed by atoms with Crippen molar-refractivity contribution in [2.24, 2.45) is 0 Å². The molecule has 1 aromatic carbocycles. The number of amides is 2. The van der Waals surface area contributed by atoms with Crippen LogP contribution in [0.15, 0.2) is 24.3 Å². The van der Waals surface area contributed by atoms with E-state index < -0.39 is 0 Å². The molecular weight excluding hydrogens is 224 g/mol. The highest BCUT2D eigenvalue weighted by molar-refractivity contribution is 5.94. The molecule has 1 aliphatic heterocycles. The van der Waals surface area contributed by atoms with E-state index in [9.17, 15) is 4.79 Å². The molecule has 2 rings (SSSR count). The molecule has 0 spiro atoms. The number of carbonyl (C=O) groups is 1. The number of carbonyl (C=O) groups excluding carboxylic acids is 1. The third kappa shape index (κ3) is 2.66. The minimum Gasteiger partial charge on any atom is -0.338 e. The average molecular weight is 246 g/mol. The first kappa shape index (κ1) is 12.9. The van der Waals surface area contributed by atoms with Crippen molar-refractivity contribution in [3.8, 4) is 0 Å². The Hall–Kier alpha value is -1.51. The summed E-state index contributed by atoms with van der Waals surface area (Å²) in [7, 11) is 0. The molecule has 1 N–H and O–H groups in total. The van der Waals surface area contributed by atoms with Gasteiger partial charge in [0.2, 0.25) is 0 Å². The quantitative estimate of drug-likeness (QED) is 0.812. The first-order chi connectivity index (χ1) is 8.74. The molecule has 3 heteroatoms. The monoisotopic (exact) mass is 246 g/mol. The van der Waals surface area contributed by atoms with Gasteiger partial charge in [-0.2, -0.15) is 0 Å². The second kappa shape index (κ2) is 5.89. The summed E-state index contributed by atoms with van der Waals surface area (Å²) < 4.78 is 0. The van der Waals surface area contributed by atoms with E-state index in [0.29, 0.717) is 0 Å². The molecule has 0 aliphatic carbocycles. The standard InChI is InChI=1S/C15H22N2O/c1-3-4-7-10-16-15(18)17-12(2)11-13-8-5-6-9-14(13)17/h5-6,8-9,12H,3-4,7,10-11H2,1-2H3,(H,16,18). The van der Waals surface area contributed by atoms with Gasteiger partial charge in [0, 0.05) is 18.3 Å². The van der Waals surface area contributed by atoms with E-state index >= 15 is 0 Å². The smallest absolute Gasteiger partial charge is 0.322 e. The Bertz CT molecular complexity index is 417. The lowest BCUT2D eigenvalue weighted by Crippen LogP contribution is -2.43. The van der Waals surface area contributed by atoms with E-state index in [0.717, 1.165) is 25.1 Å². The molecule has 18 heavy (non-hydrogen) atoms. The van der Waals surface area contributed by atoms with Crippen LogP contribution in [0.3, 0.4) is 0 Å². The minimum absolute atomic E-state index is 0.0450. The molecule has 1 atom stereocenters. The zero-order valence-electron chi connectivity index (χ0n) is 11.3. The lowest BCUT2D eigenvalue weighted by molar-refractivity contribution is 0.245. The highest BCUT2D eigenvalue weighted by Gasteiger charge is 2.30. The number of rotatable bonds is 4. The normalized spacial score (nSPS) is 17.7. The number of benzene rings is 1. The molecular formula is C15H22N2O. The van der Waals surface area contributed by atoms with E-state index in [-0.39, 0.29) is 12.1 Å². The van der Waals surface area contributed by atoms with Crippen molar-refractivity contribution >= 4 is 11.7 Å². The Morgan fingerprint density at radius 3 is 2.94 bits per heavy atom. The van der Waals surface area contributed by atoms with E-state index in [1.807, 2.05) is 23.1 Å². The summed E-state index contributed by atoms with van der Waals surface area (Å²) in [5.74, 6) is 0. The lowest BCUT2D eigenvalue weighted by atomic mass is 10.1. The van der Waals surface area contributed by atoms with E-state index in [1.54, 1.807) is 0 Å². The predicted molar refractivity (Wildman–Crippen MR) is 75.0 cm³/mol. The maximum Gasteiger partial charge on any atom is 0.322 e. The van der Waals surface area contributed by atoms with Gasteiger partial charge >= 0.3 is 6.03 Å². The van der Waals surface area contributed by atoms with Gasteiger partial charge in [-0.3, -0.25) is 4.90 Å². The molecule has 1 aromatic rings. The predicted octanol–water partition coefficient (Wildman–Crippen LogP) is 3.34. The third-order valence-electron chi connectivity index (χ3n) is 3.48. The highest BCUT2D eigenvalue weighted by Crippen LogP contribution is 2.31. The van der Waals surface area contributed by atoms with Crippen LogP contribution in [0.2, 0.25) is 0 Å². The minimum atomic E-state index is 0.0450. The number of anilines is 1. The molecule has 0 radical (unpaired) electrons. The average Bonchev–Trinajstić information content (AvgIpc) is 2.70. The zero-order chi connectivity index (χ0) is 13.0. The van der Waals surface area contributed by atoms with Crippen molar-refractivity contribution in [2.45, 2.75) is 45.6 Å². The largest absolute Gasteiger partial charge is 0.338 e. The maximum atomic E-state index is 12.2. The summed E-state index contributed by atoms with van der Waals surface area (Å²) in [5.41, 5.74) is 2.34. The summed E-state index contributed by atoms with van der Waals surface area (Å²) in [4.78, 5) is 14.1. The topological polar surface area (TPSA) is 32.3 Å². The van der Waals surface area contributed by atoms with Gasteiger partial charge in [-0.05, 0) is 31.4 Å². The van der Waals surface area contributed by atoms with Crippen LogP contribution in [0.1, 0.15) is 38.7 Å². The molecule has 2 amide bonds. The second-order valence-corrected chi connectivity index (χ2v) is 4.99. The number of hydrogen-bond acceptors (Lipinski definition) is 1. The Kier molecular flexibility index (Phi) is 4.24. The van der Waals surface area contributed by atoms with Crippen molar-refractivity contribution in [3.63, 3.8) is 0 Å². The van der Waals surface area contributed by atoms with Crippen LogP contribution >= 0.6 is 0 Å². The van der Waals surface area contributed by atoms with E-state index in [2.05, 4.69) is 25.2 Å². The summed E-state index contributed by atoms with van der Waals surface area (Å²) in [6, 6.07) is 8.47. The summed E-state index contributed by atoms with van der Waals surface area (Å²) in [6.45, 7) is 5.05. The van der Waals surface area contributed by atoms with E-state index in [4.69, 9.17) is 0 Å². The molecule has 0 saturated carbocycles. The Labute approximate surface area is 109 Å². The number of nitrogens with one attached hydrogen (secondary N) is 1. The van der Waals surface area contributed by atoms with Crippen LogP contribution in [0.5, 0.6) is 0 Å². The second-order valence-electron chi connectivity index (χ2n) is 4.99. The highest BCUT2D eigenvalue weighted by atomic mass is 16.2. The number of fused-ring (bicyclic) bond motifs is 1. The SMILES string of the molecule is CCCCCNC(=O)N1c2ccccc2CC1C. The fourth-order valence-corrected chi connectivity index (χ4v) is 2.53. The Balaban J connectivity index is 1.98. The van der Waals surface area contributed by atoms with Gasteiger partial charge in [0.15, 0.2) is 0 Å². The van der Waals surface area contributed by atoms with Gasteiger partial charge in [0.05, 0.1) is 0 Å². The number of unbranched alkanes of at least 4 members (excludes halogenated alkanes) is 2. The van der Waals surface area contributed by atoms with Crippen LogP contribution < -0.4 is 10.2 Å². The van der Waals surface area contributed by atoms with Crippen LogP contribution in [0, 0.1) is 0 Å². The molecule has 0 saturated heterocycles. The first-order valence-electron chi connectivity index (χ1n) is 6.89. The van der Waals surface area contributed by atoms with E-state index in [1.165, 1.54) is 18.4 Å². The maximum absolute atomic E-state index is 12.2. The summed E-state index contributed by atoms with van der Waals surface area (Å²) in [5, 5.41) is 3.02. The molecule has 1 unspecified atom stereocenters. The van der Waals surface area contributed by atoms with Crippen molar-refractivity contribution in [1.29, 1.82) is 0 Å². The molecule has 98 valence electrons. The van der Waals surface area contributed by atoms with Crippen molar-refractivity contribution in [2.75, 3.05) is 11.4 Å². The third-order valence-corrected chi connectivity index (χ3v) is 3.48. The number of nitrogens with zero attached hydrogens (tertiary/aromatic N) is 1.